The predicted octanol–water partition coefficient (Wildman–Crippen LogP) is 2.95. The molecule has 2 aliphatic heterocycles. The van der Waals surface area contributed by atoms with Crippen molar-refractivity contribution < 1.29 is 4.74 Å². The monoisotopic (exact) mass is 371 g/mol. The van der Waals surface area contributed by atoms with Crippen molar-refractivity contribution in [1.82, 2.24) is 15.5 Å². The van der Waals surface area contributed by atoms with Gasteiger partial charge in [-0.1, -0.05) is 25.7 Å². The fourth-order valence-corrected chi connectivity index (χ4v) is 5.72. The number of hydrogen-bond donors (Lipinski definition) is 2. The Balaban J connectivity index is 0.00000182. The van der Waals surface area contributed by atoms with E-state index in [0.29, 0.717) is 6.04 Å². The molecule has 2 heterocycles. The van der Waals surface area contributed by atoms with Crippen LogP contribution in [-0.2, 0) is 4.74 Å². The van der Waals surface area contributed by atoms with Crippen molar-refractivity contribution in [1.29, 1.82) is 0 Å². The highest BCUT2D eigenvalue weighted by Gasteiger charge is 2.36. The zero-order valence-corrected chi connectivity index (χ0v) is 16.6. The van der Waals surface area contributed by atoms with Gasteiger partial charge in [-0.25, -0.2) is 0 Å². The highest BCUT2D eigenvalue weighted by molar-refractivity contribution is 5.85. The molecule has 2 saturated heterocycles. The normalized spacial score (nSPS) is 36.2. The van der Waals surface area contributed by atoms with Gasteiger partial charge in [-0.15, -0.1) is 12.4 Å². The van der Waals surface area contributed by atoms with E-state index >= 15 is 0 Å². The van der Waals surface area contributed by atoms with Crippen LogP contribution in [0.25, 0.3) is 0 Å². The fourth-order valence-electron chi connectivity index (χ4n) is 5.72. The molecule has 3 unspecified atom stereocenters. The fraction of sp³-hybridized carbons (Fsp3) is 1.00. The lowest BCUT2D eigenvalue weighted by Crippen LogP contribution is -2.54. The van der Waals surface area contributed by atoms with Crippen LogP contribution in [0.5, 0.6) is 0 Å². The summed E-state index contributed by atoms with van der Waals surface area (Å²) >= 11 is 0. The number of rotatable bonds is 4. The highest BCUT2D eigenvalue weighted by Crippen LogP contribution is 2.31. The van der Waals surface area contributed by atoms with Crippen LogP contribution >= 0.6 is 12.4 Å². The van der Waals surface area contributed by atoms with Crippen LogP contribution in [0.4, 0.5) is 0 Å². The molecular weight excluding hydrogens is 334 g/mol. The van der Waals surface area contributed by atoms with Gasteiger partial charge in [0.2, 0.25) is 0 Å². The summed E-state index contributed by atoms with van der Waals surface area (Å²) in [4.78, 5) is 2.81. The first kappa shape index (κ1) is 19.9. The summed E-state index contributed by atoms with van der Waals surface area (Å²) in [5, 5.41) is 7.77. The number of nitrogens with zero attached hydrogens (tertiary/aromatic N) is 1. The number of halogens is 1. The van der Waals surface area contributed by atoms with E-state index in [1.165, 1.54) is 77.3 Å². The molecule has 0 spiro atoms. The van der Waals surface area contributed by atoms with Crippen molar-refractivity contribution in [2.45, 2.75) is 88.4 Å². The number of ether oxygens (including phenoxy) is 1. The molecule has 0 aromatic carbocycles. The lowest BCUT2D eigenvalue weighted by atomic mass is 9.90. The minimum Gasteiger partial charge on any atom is -0.379 e. The maximum Gasteiger partial charge on any atom is 0.0623 e. The number of likely N-dealkylation sites (tertiary alicyclic amines) is 1. The average molecular weight is 372 g/mol. The summed E-state index contributed by atoms with van der Waals surface area (Å²) in [7, 11) is 0. The van der Waals surface area contributed by atoms with Gasteiger partial charge < -0.3 is 20.3 Å². The van der Waals surface area contributed by atoms with E-state index in [2.05, 4.69) is 15.5 Å². The molecule has 4 rings (SSSR count). The lowest BCUT2D eigenvalue weighted by molar-refractivity contribution is 0.0497. The minimum atomic E-state index is 0. The molecule has 4 fully saturated rings. The Labute approximate surface area is 160 Å². The molecule has 146 valence electrons. The molecule has 0 amide bonds. The first-order chi connectivity index (χ1) is 11.9. The molecule has 0 bridgehead atoms. The Kier molecular flexibility index (Phi) is 7.86. The third-order valence-corrected chi connectivity index (χ3v) is 7.11. The van der Waals surface area contributed by atoms with Crippen LogP contribution in [0, 0.1) is 5.92 Å². The van der Waals surface area contributed by atoms with Gasteiger partial charge in [0.05, 0.1) is 13.2 Å². The average Bonchev–Trinajstić information content (AvgIpc) is 3.12. The number of morpholine rings is 1. The lowest BCUT2D eigenvalue weighted by Gasteiger charge is -2.41. The first-order valence-corrected chi connectivity index (χ1v) is 10.7. The van der Waals surface area contributed by atoms with Crippen LogP contribution in [0.15, 0.2) is 0 Å². The Morgan fingerprint density at radius 3 is 2.40 bits per heavy atom. The van der Waals surface area contributed by atoms with Gasteiger partial charge in [0, 0.05) is 30.7 Å². The minimum absolute atomic E-state index is 0. The molecule has 2 aliphatic carbocycles. The second kappa shape index (κ2) is 9.89. The standard InChI is InChI=1S/C20H37N3O.ClH/c1-2-5-17(6-3-1)23-12-9-16(10-13-23)22-19-8-4-7-18(19)20-15-24-14-11-21-20;/h16-22H,1-15H2;1H. The van der Waals surface area contributed by atoms with E-state index < -0.39 is 0 Å². The number of nitrogens with one attached hydrogen (secondary N) is 2. The quantitative estimate of drug-likeness (QED) is 0.796. The summed E-state index contributed by atoms with van der Waals surface area (Å²) in [6, 6.07) is 2.96. The number of piperidine rings is 1. The van der Waals surface area contributed by atoms with Crippen LogP contribution in [0.1, 0.15) is 64.2 Å². The summed E-state index contributed by atoms with van der Waals surface area (Å²) in [6.07, 6.45) is 14.1. The summed E-state index contributed by atoms with van der Waals surface area (Å²) < 4.78 is 5.72. The SMILES string of the molecule is C1CCC(N2CCC(NC3CCCC3C3COCCN3)CC2)CC1.Cl. The molecule has 0 aromatic rings. The van der Waals surface area contributed by atoms with Crippen molar-refractivity contribution in [2.75, 3.05) is 32.8 Å². The molecule has 2 saturated carbocycles. The largest absolute Gasteiger partial charge is 0.379 e. The van der Waals surface area contributed by atoms with E-state index in [4.69, 9.17) is 4.74 Å². The smallest absolute Gasteiger partial charge is 0.0623 e. The molecule has 0 radical (unpaired) electrons. The van der Waals surface area contributed by atoms with E-state index in [-0.39, 0.29) is 12.4 Å². The molecule has 3 atom stereocenters. The van der Waals surface area contributed by atoms with Crippen molar-refractivity contribution >= 4 is 12.4 Å². The third-order valence-electron chi connectivity index (χ3n) is 7.11. The van der Waals surface area contributed by atoms with E-state index in [1.54, 1.807) is 0 Å². The highest BCUT2D eigenvalue weighted by atomic mass is 35.5. The van der Waals surface area contributed by atoms with Gasteiger partial charge in [-0.3, -0.25) is 0 Å². The van der Waals surface area contributed by atoms with E-state index in [1.807, 2.05) is 0 Å². The van der Waals surface area contributed by atoms with Gasteiger partial charge in [0.15, 0.2) is 0 Å². The molecule has 0 aromatic heterocycles. The molecule has 4 nitrogen and oxygen atoms in total. The molecular formula is C20H38ClN3O. The summed E-state index contributed by atoms with van der Waals surface area (Å²) in [5.74, 6) is 0.779. The maximum absolute atomic E-state index is 5.72. The van der Waals surface area contributed by atoms with Gasteiger partial charge in [-0.2, -0.15) is 0 Å². The zero-order valence-electron chi connectivity index (χ0n) is 15.8. The molecule has 5 heteroatoms. The molecule has 25 heavy (non-hydrogen) atoms. The molecule has 2 N–H and O–H groups in total. The van der Waals surface area contributed by atoms with E-state index in [0.717, 1.165) is 43.8 Å². The van der Waals surface area contributed by atoms with Crippen LogP contribution in [0.2, 0.25) is 0 Å². The van der Waals surface area contributed by atoms with Crippen molar-refractivity contribution in [3.05, 3.63) is 0 Å². The topological polar surface area (TPSA) is 36.5 Å². The zero-order chi connectivity index (χ0) is 16.2. The van der Waals surface area contributed by atoms with Crippen LogP contribution in [-0.4, -0.2) is 61.9 Å². The van der Waals surface area contributed by atoms with Crippen molar-refractivity contribution in [3.8, 4) is 0 Å². The Bertz CT molecular complexity index is 377. The first-order valence-electron chi connectivity index (χ1n) is 10.7. The predicted molar refractivity (Wildman–Crippen MR) is 106 cm³/mol. The van der Waals surface area contributed by atoms with Crippen LogP contribution < -0.4 is 10.6 Å². The summed E-state index contributed by atoms with van der Waals surface area (Å²) in [5.41, 5.74) is 0. The van der Waals surface area contributed by atoms with Gasteiger partial charge in [-0.05, 0) is 57.5 Å². The van der Waals surface area contributed by atoms with Gasteiger partial charge in [0.25, 0.3) is 0 Å². The van der Waals surface area contributed by atoms with Crippen molar-refractivity contribution in [3.63, 3.8) is 0 Å². The Hall–Kier alpha value is 0.130. The summed E-state index contributed by atoms with van der Waals surface area (Å²) in [6.45, 7) is 5.49. The van der Waals surface area contributed by atoms with Gasteiger partial charge >= 0.3 is 0 Å². The van der Waals surface area contributed by atoms with Crippen molar-refractivity contribution in [2.24, 2.45) is 5.92 Å². The van der Waals surface area contributed by atoms with Crippen LogP contribution in [0.3, 0.4) is 0 Å². The number of hydrogen-bond acceptors (Lipinski definition) is 4. The third kappa shape index (κ3) is 5.10. The van der Waals surface area contributed by atoms with Gasteiger partial charge in [0.1, 0.15) is 0 Å². The Morgan fingerprint density at radius 2 is 1.68 bits per heavy atom. The van der Waals surface area contributed by atoms with E-state index in [9.17, 15) is 0 Å². The second-order valence-electron chi connectivity index (χ2n) is 8.61. The Morgan fingerprint density at radius 1 is 0.880 bits per heavy atom. The second-order valence-corrected chi connectivity index (χ2v) is 8.61. The maximum atomic E-state index is 5.72. The molecule has 4 aliphatic rings.